The summed E-state index contributed by atoms with van der Waals surface area (Å²) in [5.41, 5.74) is 8.23. The molecule has 0 aliphatic heterocycles. The average molecular weight is 956 g/mol. The number of fused-ring (bicyclic) bond motifs is 6. The van der Waals surface area contributed by atoms with E-state index in [9.17, 15) is 26.3 Å². The lowest BCUT2D eigenvalue weighted by Gasteiger charge is -2.19. The topological polar surface area (TPSA) is 48.5 Å². The van der Waals surface area contributed by atoms with Crippen LogP contribution in [0.15, 0.2) is 200 Å². The second kappa shape index (κ2) is 16.9. The van der Waals surface area contributed by atoms with E-state index in [4.69, 9.17) is 15.0 Å². The largest absolute Gasteiger partial charge is 0.416 e. The molecule has 12 rings (SSSR count). The Morgan fingerprint density at radius 1 is 0.319 bits per heavy atom. The fourth-order valence-electron chi connectivity index (χ4n) is 10.1. The van der Waals surface area contributed by atoms with Crippen molar-refractivity contribution in [2.24, 2.45) is 0 Å². The van der Waals surface area contributed by atoms with E-state index in [0.717, 1.165) is 79.2 Å². The van der Waals surface area contributed by atoms with Crippen molar-refractivity contribution in [3.8, 4) is 67.8 Å². The van der Waals surface area contributed by atoms with Crippen LogP contribution in [-0.2, 0) is 12.4 Å². The third-order valence-electron chi connectivity index (χ3n) is 13.5. The number of halogens is 6. The minimum absolute atomic E-state index is 0.00888. The molecule has 0 fully saturated rings. The van der Waals surface area contributed by atoms with Crippen LogP contribution in [0.2, 0.25) is 0 Å². The van der Waals surface area contributed by atoms with Gasteiger partial charge in [0.2, 0.25) is 0 Å². The Labute approximate surface area is 409 Å². The van der Waals surface area contributed by atoms with Gasteiger partial charge in [0.1, 0.15) is 0 Å². The fraction of sp³-hybridized carbons (Fsp3) is 0.0656. The number of benzene rings is 9. The van der Waals surface area contributed by atoms with Crippen molar-refractivity contribution < 1.29 is 26.3 Å². The van der Waals surface area contributed by atoms with Gasteiger partial charge >= 0.3 is 12.4 Å². The average Bonchev–Trinajstić information content (AvgIpc) is 3.90. The minimum atomic E-state index is -4.78. The number of rotatable bonds is 7. The van der Waals surface area contributed by atoms with Gasteiger partial charge in [0.05, 0.1) is 44.6 Å². The summed E-state index contributed by atoms with van der Waals surface area (Å²) in [6.45, 7) is 4.08. The molecule has 0 aliphatic carbocycles. The summed E-state index contributed by atoms with van der Waals surface area (Å²) in [5.74, 6) is -0.288. The molecule has 350 valence electrons. The van der Waals surface area contributed by atoms with Gasteiger partial charge in [-0.1, -0.05) is 127 Å². The molecule has 0 N–H and O–H groups in total. The third kappa shape index (κ3) is 7.56. The molecule has 11 heteroatoms. The number of aromatic nitrogens is 5. The van der Waals surface area contributed by atoms with Crippen molar-refractivity contribution in [2.45, 2.75) is 26.2 Å². The minimum Gasteiger partial charge on any atom is -0.309 e. The Morgan fingerprint density at radius 2 is 0.708 bits per heavy atom. The Morgan fingerprint density at radius 3 is 1.15 bits per heavy atom. The van der Waals surface area contributed by atoms with E-state index >= 15 is 0 Å². The highest BCUT2D eigenvalue weighted by Gasteiger charge is 2.34. The van der Waals surface area contributed by atoms with Gasteiger partial charge in [-0.25, -0.2) is 15.0 Å². The Balaban J connectivity index is 1.14. The van der Waals surface area contributed by atoms with E-state index in [1.165, 1.54) is 12.1 Å². The highest BCUT2D eigenvalue weighted by Crippen LogP contribution is 2.44. The summed E-state index contributed by atoms with van der Waals surface area (Å²) in [5, 5.41) is 3.45. The molecule has 12 aromatic rings. The Hall–Kier alpha value is -8.83. The van der Waals surface area contributed by atoms with Crippen molar-refractivity contribution in [1.82, 2.24) is 24.1 Å². The first-order valence-electron chi connectivity index (χ1n) is 23.2. The number of hydrogen-bond acceptors (Lipinski definition) is 3. The molecule has 0 radical (unpaired) electrons. The third-order valence-corrected chi connectivity index (χ3v) is 13.5. The maximum Gasteiger partial charge on any atom is 0.416 e. The zero-order valence-electron chi connectivity index (χ0n) is 38.6. The number of para-hydroxylation sites is 2. The van der Waals surface area contributed by atoms with E-state index < -0.39 is 23.5 Å². The predicted molar refractivity (Wildman–Crippen MR) is 275 cm³/mol. The normalized spacial score (nSPS) is 12.2. The van der Waals surface area contributed by atoms with E-state index in [1.807, 2.05) is 144 Å². The molecular weight excluding hydrogens is 917 g/mol. The van der Waals surface area contributed by atoms with Crippen molar-refractivity contribution in [1.29, 1.82) is 0 Å². The lowest BCUT2D eigenvalue weighted by Crippen LogP contribution is -2.10. The number of alkyl halides is 6. The second-order valence-electron chi connectivity index (χ2n) is 17.9. The summed E-state index contributed by atoms with van der Waals surface area (Å²) in [6.07, 6.45) is -9.56. The van der Waals surface area contributed by atoms with E-state index in [0.29, 0.717) is 39.0 Å². The van der Waals surface area contributed by atoms with Crippen LogP contribution in [-0.4, -0.2) is 24.1 Å². The summed E-state index contributed by atoms with van der Waals surface area (Å²) in [7, 11) is 0. The Bertz CT molecular complexity index is 3870. The molecule has 0 atom stereocenters. The molecule has 0 spiro atoms. The fourth-order valence-corrected chi connectivity index (χ4v) is 10.1. The zero-order valence-corrected chi connectivity index (χ0v) is 38.6. The van der Waals surface area contributed by atoms with Crippen LogP contribution < -0.4 is 0 Å². The van der Waals surface area contributed by atoms with Gasteiger partial charge in [0, 0.05) is 38.2 Å². The molecule has 0 bridgehead atoms. The molecule has 0 unspecified atom stereocenters. The molecule has 72 heavy (non-hydrogen) atoms. The molecular formula is C61H39F6N5. The lowest BCUT2D eigenvalue weighted by atomic mass is 9.99. The van der Waals surface area contributed by atoms with Gasteiger partial charge in [-0.2, -0.15) is 26.3 Å². The quantitative estimate of drug-likeness (QED) is 0.150. The van der Waals surface area contributed by atoms with Crippen LogP contribution in [0, 0.1) is 13.8 Å². The van der Waals surface area contributed by atoms with Gasteiger partial charge in [-0.05, 0) is 120 Å². The first-order chi connectivity index (χ1) is 34.8. The van der Waals surface area contributed by atoms with Crippen LogP contribution in [0.4, 0.5) is 26.3 Å². The van der Waals surface area contributed by atoms with Crippen molar-refractivity contribution in [3.63, 3.8) is 0 Å². The van der Waals surface area contributed by atoms with Crippen LogP contribution in [0.3, 0.4) is 0 Å². The number of hydrogen-bond donors (Lipinski definition) is 0. The zero-order chi connectivity index (χ0) is 49.5. The summed E-state index contributed by atoms with van der Waals surface area (Å²) >= 11 is 0. The SMILES string of the molecule is Cc1ccccc1-c1ccc2c(c1)c1ccccc1n2-c1ccc(C(F)(F)F)cc1-c1nc(-c2ccccc2)nc(-c2cc(C(F)(F)F)ccc2-n2c3ccccc3c3cc(-c4ccccc4C)ccc32)n1. The molecule has 3 heterocycles. The molecule has 0 amide bonds. The summed E-state index contributed by atoms with van der Waals surface area (Å²) in [4.78, 5) is 14.7. The molecule has 9 aromatic carbocycles. The van der Waals surface area contributed by atoms with E-state index in [-0.39, 0.29) is 28.6 Å². The van der Waals surface area contributed by atoms with Crippen LogP contribution in [0.5, 0.6) is 0 Å². The van der Waals surface area contributed by atoms with Gasteiger partial charge in [-0.15, -0.1) is 0 Å². The highest BCUT2D eigenvalue weighted by atomic mass is 19.4. The van der Waals surface area contributed by atoms with Crippen molar-refractivity contribution in [3.05, 3.63) is 222 Å². The van der Waals surface area contributed by atoms with Crippen molar-refractivity contribution in [2.75, 3.05) is 0 Å². The molecule has 0 aliphatic rings. The molecule has 0 saturated carbocycles. The van der Waals surface area contributed by atoms with Crippen molar-refractivity contribution >= 4 is 43.6 Å². The van der Waals surface area contributed by atoms with Gasteiger partial charge in [-0.3, -0.25) is 0 Å². The Kier molecular flexibility index (Phi) is 10.4. The second-order valence-corrected chi connectivity index (χ2v) is 17.9. The first kappa shape index (κ1) is 44.4. The molecule has 5 nitrogen and oxygen atoms in total. The highest BCUT2D eigenvalue weighted by molar-refractivity contribution is 6.12. The van der Waals surface area contributed by atoms with Gasteiger partial charge in [0.25, 0.3) is 0 Å². The number of aryl methyl sites for hydroxylation is 2. The molecule has 0 saturated heterocycles. The monoisotopic (exact) mass is 955 g/mol. The standard InChI is InChI=1S/C61H39F6N5/c1-36-14-6-8-18-43(36)39-24-28-53-47(32-39)45-20-10-12-22-51(45)71(53)55-30-26-41(60(62,63)64)34-49(55)58-68-57(38-16-4-3-5-17-38)69-59(70-58)50-35-42(61(65,66)67)27-31-56(50)72-52-23-13-11-21-46(52)48-33-40(25-29-54(48)72)44-19-9-7-15-37(44)2/h3-35H,1-2H3. The van der Waals surface area contributed by atoms with Crippen LogP contribution >= 0.6 is 0 Å². The maximum atomic E-state index is 15.0. The summed E-state index contributed by atoms with van der Waals surface area (Å²) < 4.78 is 93.7. The van der Waals surface area contributed by atoms with Gasteiger partial charge in [0.15, 0.2) is 17.5 Å². The van der Waals surface area contributed by atoms with Crippen LogP contribution in [0.1, 0.15) is 22.3 Å². The predicted octanol–water partition coefficient (Wildman–Crippen LogP) is 17.1. The smallest absolute Gasteiger partial charge is 0.309 e. The lowest BCUT2D eigenvalue weighted by molar-refractivity contribution is -0.138. The molecule has 3 aromatic heterocycles. The first-order valence-corrected chi connectivity index (χ1v) is 23.2. The maximum absolute atomic E-state index is 15.0. The summed E-state index contributed by atoms with van der Waals surface area (Å²) in [6, 6.07) is 59.1. The van der Waals surface area contributed by atoms with Gasteiger partial charge < -0.3 is 9.13 Å². The number of nitrogens with zero attached hydrogens (tertiary/aromatic N) is 5. The van der Waals surface area contributed by atoms with E-state index in [1.54, 1.807) is 30.3 Å². The van der Waals surface area contributed by atoms with E-state index in [2.05, 4.69) is 12.1 Å². The van der Waals surface area contributed by atoms with Crippen LogP contribution in [0.25, 0.3) is 111 Å².